The smallest absolute Gasteiger partial charge is 0.303 e. The molecule has 2 aliphatic carbocycles. The number of rotatable bonds is 8. The number of amides is 2. The molecule has 0 aromatic carbocycles. The van der Waals surface area contributed by atoms with Gasteiger partial charge in [-0.2, -0.15) is 0 Å². The summed E-state index contributed by atoms with van der Waals surface area (Å²) in [6.07, 6.45) is 8.47. The van der Waals surface area contributed by atoms with Crippen molar-refractivity contribution in [3.05, 3.63) is 16.0 Å². The maximum absolute atomic E-state index is 13.1. The molecule has 0 unspecified atom stereocenters. The van der Waals surface area contributed by atoms with Gasteiger partial charge in [-0.1, -0.05) is 33.1 Å². The molecule has 2 amide bonds. The molecule has 29 heavy (non-hydrogen) atoms. The Balaban J connectivity index is 1.79. The average Bonchev–Trinajstić information content (AvgIpc) is 3.26. The van der Waals surface area contributed by atoms with Crippen molar-refractivity contribution in [2.75, 3.05) is 5.32 Å². The van der Waals surface area contributed by atoms with Gasteiger partial charge < -0.3 is 15.7 Å². The molecule has 0 radical (unpaired) electrons. The van der Waals surface area contributed by atoms with Gasteiger partial charge >= 0.3 is 5.97 Å². The van der Waals surface area contributed by atoms with E-state index in [1.54, 1.807) is 6.92 Å². The zero-order valence-corrected chi connectivity index (χ0v) is 18.2. The predicted molar refractivity (Wildman–Crippen MR) is 115 cm³/mol. The molecular weight excluding hydrogens is 388 g/mol. The van der Waals surface area contributed by atoms with Gasteiger partial charge in [0.05, 0.1) is 5.56 Å². The second-order valence-corrected chi connectivity index (χ2v) is 9.74. The Bertz CT molecular complexity index is 767. The molecule has 2 aliphatic rings. The summed E-state index contributed by atoms with van der Waals surface area (Å²) >= 11 is 1.53. The van der Waals surface area contributed by atoms with E-state index < -0.39 is 5.97 Å². The number of nitrogens with one attached hydrogen (secondary N) is 2. The highest BCUT2D eigenvalue weighted by atomic mass is 32.1. The van der Waals surface area contributed by atoms with Crippen LogP contribution in [0.3, 0.4) is 0 Å². The molecule has 0 aliphatic heterocycles. The van der Waals surface area contributed by atoms with Crippen molar-refractivity contribution in [3.63, 3.8) is 0 Å². The van der Waals surface area contributed by atoms with Gasteiger partial charge in [0.1, 0.15) is 5.00 Å². The minimum Gasteiger partial charge on any atom is -0.481 e. The Morgan fingerprint density at radius 1 is 1.17 bits per heavy atom. The summed E-state index contributed by atoms with van der Waals surface area (Å²) in [6, 6.07) is 0.226. The summed E-state index contributed by atoms with van der Waals surface area (Å²) in [7, 11) is 0. The molecular formula is C22H32N2O4S. The van der Waals surface area contributed by atoms with E-state index in [1.807, 2.05) is 0 Å². The van der Waals surface area contributed by atoms with Gasteiger partial charge in [-0.25, -0.2) is 0 Å². The normalized spacial score (nSPS) is 20.1. The molecule has 7 heteroatoms. The summed E-state index contributed by atoms with van der Waals surface area (Å²) in [5, 5.41) is 15.7. The Kier molecular flexibility index (Phi) is 7.33. The van der Waals surface area contributed by atoms with Crippen molar-refractivity contribution in [1.29, 1.82) is 0 Å². The van der Waals surface area contributed by atoms with Crippen molar-refractivity contribution in [2.45, 2.75) is 84.1 Å². The molecule has 2 atom stereocenters. The zero-order chi connectivity index (χ0) is 21.0. The quantitative estimate of drug-likeness (QED) is 0.582. The molecule has 6 nitrogen and oxygen atoms in total. The van der Waals surface area contributed by atoms with Crippen LogP contribution in [0, 0.1) is 11.8 Å². The third kappa shape index (κ3) is 5.59. The number of hydrogen-bond donors (Lipinski definition) is 3. The number of carboxylic acid groups (broad SMARTS) is 1. The minimum atomic E-state index is -0.904. The maximum Gasteiger partial charge on any atom is 0.303 e. The summed E-state index contributed by atoms with van der Waals surface area (Å²) in [6.45, 7) is 3.95. The highest BCUT2D eigenvalue weighted by Crippen LogP contribution is 2.40. The molecule has 0 spiro atoms. The van der Waals surface area contributed by atoms with Crippen LogP contribution in [0.15, 0.2) is 0 Å². The lowest BCUT2D eigenvalue weighted by Gasteiger charge is -2.21. The molecule has 160 valence electrons. The number of thiophene rings is 1. The van der Waals surface area contributed by atoms with Crippen molar-refractivity contribution >= 4 is 34.1 Å². The monoisotopic (exact) mass is 420 g/mol. The van der Waals surface area contributed by atoms with E-state index in [1.165, 1.54) is 16.2 Å². The zero-order valence-electron chi connectivity index (χ0n) is 17.4. The lowest BCUT2D eigenvalue weighted by atomic mass is 9.85. The Morgan fingerprint density at radius 2 is 1.90 bits per heavy atom. The molecule has 0 bridgehead atoms. The lowest BCUT2D eigenvalue weighted by Crippen LogP contribution is -2.33. The van der Waals surface area contributed by atoms with Gasteiger partial charge in [-0.3, -0.25) is 14.4 Å². The largest absolute Gasteiger partial charge is 0.481 e. The third-order valence-electron chi connectivity index (χ3n) is 6.17. The van der Waals surface area contributed by atoms with Gasteiger partial charge in [0, 0.05) is 23.8 Å². The van der Waals surface area contributed by atoms with Gasteiger partial charge in [-0.15, -0.1) is 11.3 Å². The molecule has 1 saturated carbocycles. The average molecular weight is 421 g/mol. The number of carbonyl (C=O) groups excluding carboxylic acids is 2. The minimum absolute atomic E-state index is 0.0401. The van der Waals surface area contributed by atoms with E-state index in [-0.39, 0.29) is 36.6 Å². The Morgan fingerprint density at radius 3 is 2.55 bits per heavy atom. The predicted octanol–water partition coefficient (Wildman–Crippen LogP) is 4.37. The van der Waals surface area contributed by atoms with E-state index in [4.69, 9.17) is 5.11 Å². The first-order chi connectivity index (χ1) is 13.9. The van der Waals surface area contributed by atoms with Crippen LogP contribution in [0.1, 0.15) is 86.0 Å². The Hall–Kier alpha value is -1.89. The van der Waals surface area contributed by atoms with Crippen molar-refractivity contribution in [2.24, 2.45) is 11.8 Å². The Labute approximate surface area is 176 Å². The number of anilines is 1. The fraction of sp³-hybridized carbons (Fsp3) is 0.682. The maximum atomic E-state index is 13.1. The first-order valence-electron chi connectivity index (χ1n) is 10.8. The summed E-state index contributed by atoms with van der Waals surface area (Å²) in [4.78, 5) is 37.7. The van der Waals surface area contributed by atoms with Gasteiger partial charge in [0.2, 0.25) is 5.91 Å². The second-order valence-electron chi connectivity index (χ2n) is 8.64. The van der Waals surface area contributed by atoms with Crippen LogP contribution < -0.4 is 10.6 Å². The van der Waals surface area contributed by atoms with Gasteiger partial charge in [0.15, 0.2) is 0 Å². The summed E-state index contributed by atoms with van der Waals surface area (Å²) in [5.41, 5.74) is 1.75. The number of carboxylic acids is 1. The van der Waals surface area contributed by atoms with E-state index >= 15 is 0 Å². The van der Waals surface area contributed by atoms with Crippen LogP contribution >= 0.6 is 11.3 Å². The molecule has 3 rings (SSSR count). The van der Waals surface area contributed by atoms with Crippen LogP contribution in [-0.2, 0) is 22.4 Å². The lowest BCUT2D eigenvalue weighted by molar-refractivity contribution is -0.138. The fourth-order valence-corrected chi connectivity index (χ4v) is 5.90. The number of hydrogen-bond acceptors (Lipinski definition) is 4. The van der Waals surface area contributed by atoms with Gasteiger partial charge in [-0.05, 0) is 49.5 Å². The van der Waals surface area contributed by atoms with Crippen LogP contribution in [-0.4, -0.2) is 28.9 Å². The van der Waals surface area contributed by atoms with Crippen LogP contribution in [0.5, 0.6) is 0 Å². The molecule has 1 fully saturated rings. The number of carbonyl (C=O) groups is 3. The summed E-state index contributed by atoms with van der Waals surface area (Å²) in [5.74, 6) is -0.815. The van der Waals surface area contributed by atoms with E-state index in [0.717, 1.165) is 56.9 Å². The first-order valence-corrected chi connectivity index (χ1v) is 11.7. The standard InChI is InChI=1S/C22H32N2O4S/c1-3-14-8-9-16-17(12-14)29-22(24-18(25)10-13(2)11-19(26)27)20(16)21(28)23-15-6-4-5-7-15/h13-15H,3-12H2,1-2H3,(H,23,28)(H,24,25)(H,26,27)/t13-,14-/m0/s1. The van der Waals surface area contributed by atoms with E-state index in [0.29, 0.717) is 16.5 Å². The molecule has 0 saturated heterocycles. The molecule has 1 aromatic heterocycles. The van der Waals surface area contributed by atoms with Gasteiger partial charge in [0.25, 0.3) is 5.91 Å². The van der Waals surface area contributed by atoms with E-state index in [9.17, 15) is 14.4 Å². The topological polar surface area (TPSA) is 95.5 Å². The third-order valence-corrected chi connectivity index (χ3v) is 7.34. The van der Waals surface area contributed by atoms with Crippen molar-refractivity contribution < 1.29 is 19.5 Å². The van der Waals surface area contributed by atoms with Crippen LogP contribution in [0.4, 0.5) is 5.00 Å². The van der Waals surface area contributed by atoms with E-state index in [2.05, 4.69) is 17.6 Å². The molecule has 3 N–H and O–H groups in total. The van der Waals surface area contributed by atoms with Crippen molar-refractivity contribution in [1.82, 2.24) is 5.32 Å². The molecule has 1 aromatic rings. The highest BCUT2D eigenvalue weighted by Gasteiger charge is 2.30. The first kappa shape index (κ1) is 21.8. The number of fused-ring (bicyclic) bond motifs is 1. The van der Waals surface area contributed by atoms with Crippen LogP contribution in [0.25, 0.3) is 0 Å². The molecule has 1 heterocycles. The second kappa shape index (κ2) is 9.74. The van der Waals surface area contributed by atoms with Crippen molar-refractivity contribution in [3.8, 4) is 0 Å². The fourth-order valence-electron chi connectivity index (χ4n) is 4.52. The highest BCUT2D eigenvalue weighted by molar-refractivity contribution is 7.17. The van der Waals surface area contributed by atoms with Crippen LogP contribution in [0.2, 0.25) is 0 Å². The summed E-state index contributed by atoms with van der Waals surface area (Å²) < 4.78 is 0. The number of aliphatic carboxylic acids is 1. The SMILES string of the molecule is CC[C@H]1CCc2c(sc(NC(=O)C[C@H](C)CC(=O)O)c2C(=O)NC2CCCC2)C1.